The number of aryl methyl sites for hydroxylation is 1. The molecule has 0 N–H and O–H groups in total. The number of aromatic nitrogens is 4. The monoisotopic (exact) mass is 196 g/mol. The van der Waals surface area contributed by atoms with E-state index in [0.717, 1.165) is 7.11 Å². The molecule has 1 rings (SSSR count). The summed E-state index contributed by atoms with van der Waals surface area (Å²) in [5.74, 6) is -0.885. The summed E-state index contributed by atoms with van der Waals surface area (Å²) in [6, 6.07) is 0. The van der Waals surface area contributed by atoms with E-state index in [1.165, 1.54) is 4.80 Å². The van der Waals surface area contributed by atoms with Crippen molar-refractivity contribution < 1.29 is 14.3 Å². The fraction of sp³-hybridized carbons (Fsp3) is 0.500. The first-order valence-corrected chi connectivity index (χ1v) is 3.81. The Kier molecular flexibility index (Phi) is 3.03. The largest absolute Gasteiger partial charge is 0.460 e. The summed E-state index contributed by atoms with van der Waals surface area (Å²) in [5, 5.41) is 10.9. The van der Waals surface area contributed by atoms with Gasteiger partial charge in [0.25, 0.3) is 5.82 Å². The minimum absolute atomic E-state index is 0.0683. The van der Waals surface area contributed by atoms with Gasteiger partial charge in [-0.3, -0.25) is 0 Å². The molecule has 74 valence electrons. The average Bonchev–Trinajstić information content (AvgIpc) is 2.67. The highest BCUT2D eigenvalue weighted by Gasteiger charge is 2.28. The Bertz CT molecular complexity index is 391. The molecule has 1 heterocycles. The van der Waals surface area contributed by atoms with Crippen LogP contribution in [-0.4, -0.2) is 43.8 Å². The molecule has 0 aliphatic heterocycles. The van der Waals surface area contributed by atoms with Gasteiger partial charge < -0.3 is 10.3 Å². The van der Waals surface area contributed by atoms with Crippen LogP contribution in [0.4, 0.5) is 0 Å². The minimum atomic E-state index is -0.817. The Balaban J connectivity index is 3.02. The molecule has 0 bridgehead atoms. The molecule has 0 saturated carbocycles. The van der Waals surface area contributed by atoms with Crippen LogP contribution in [-0.2, 0) is 16.1 Å². The lowest BCUT2D eigenvalue weighted by atomic mass is 10.4. The van der Waals surface area contributed by atoms with Gasteiger partial charge in [-0.15, -0.1) is 5.10 Å². The van der Waals surface area contributed by atoms with Crippen molar-refractivity contribution in [3.63, 3.8) is 0 Å². The summed E-state index contributed by atoms with van der Waals surface area (Å²) in [5.41, 5.74) is 8.16. The molecule has 0 aliphatic rings. The molecule has 0 unspecified atom stereocenters. The first-order chi connectivity index (χ1) is 6.72. The summed E-state index contributed by atoms with van der Waals surface area (Å²) >= 11 is 0. The molecule has 0 aliphatic carbocycles. The van der Waals surface area contributed by atoms with E-state index < -0.39 is 5.97 Å². The number of rotatable bonds is 3. The number of carbonyl (C=O) groups excluding carboxylic acids is 1. The Morgan fingerprint density at radius 1 is 1.71 bits per heavy atom. The smallest absolute Gasteiger partial charge is 0.446 e. The summed E-state index contributed by atoms with van der Waals surface area (Å²) in [6.07, 6.45) is 0. The second-order valence-electron chi connectivity index (χ2n) is 2.24. The number of ether oxygens (including phenoxy) is 1. The van der Waals surface area contributed by atoms with Crippen LogP contribution in [0.3, 0.4) is 0 Å². The SMILES string of the molecule is CCn1nnc(C(=[N+]=[N-])C(=O)OC)n1. The molecule has 0 aromatic carbocycles. The Labute approximate surface area is 79.1 Å². The highest BCUT2D eigenvalue weighted by atomic mass is 16.5. The van der Waals surface area contributed by atoms with E-state index in [1.54, 1.807) is 6.92 Å². The number of tetrazole rings is 1. The van der Waals surface area contributed by atoms with Crippen molar-refractivity contribution >= 4 is 11.7 Å². The summed E-state index contributed by atoms with van der Waals surface area (Å²) in [6.45, 7) is 2.31. The highest BCUT2D eigenvalue weighted by molar-refractivity contribution is 6.39. The predicted octanol–water partition coefficient (Wildman–Crippen LogP) is -1.12. The van der Waals surface area contributed by atoms with Crippen LogP contribution in [0.1, 0.15) is 12.7 Å². The molecule has 8 nitrogen and oxygen atoms in total. The molecule has 0 atom stereocenters. The highest BCUT2D eigenvalue weighted by Crippen LogP contribution is 1.90. The standard InChI is InChI=1S/C6H8N6O2/c1-3-12-10-5(9-11-12)4(8-7)6(13)14-2/h3H2,1-2H3. The number of hydrogen-bond acceptors (Lipinski definition) is 5. The lowest BCUT2D eigenvalue weighted by Gasteiger charge is -1.88. The number of nitrogens with zero attached hydrogens (tertiary/aromatic N) is 6. The Morgan fingerprint density at radius 2 is 2.43 bits per heavy atom. The van der Waals surface area contributed by atoms with Crippen LogP contribution >= 0.6 is 0 Å². The number of carbonyl (C=O) groups is 1. The number of hydrogen-bond donors (Lipinski definition) is 0. The molecule has 0 spiro atoms. The maximum Gasteiger partial charge on any atom is 0.446 e. The molecular formula is C6H8N6O2. The third-order valence-electron chi connectivity index (χ3n) is 1.43. The molecular weight excluding hydrogens is 188 g/mol. The van der Waals surface area contributed by atoms with Crippen molar-refractivity contribution in [3.8, 4) is 0 Å². The molecule has 0 fully saturated rings. The maximum absolute atomic E-state index is 11.0. The number of esters is 1. The van der Waals surface area contributed by atoms with Gasteiger partial charge in [-0.1, -0.05) is 5.10 Å². The molecule has 14 heavy (non-hydrogen) atoms. The second kappa shape index (κ2) is 4.24. The maximum atomic E-state index is 11.0. The molecule has 0 radical (unpaired) electrons. The van der Waals surface area contributed by atoms with Gasteiger partial charge in [0.15, 0.2) is 0 Å². The predicted molar refractivity (Wildman–Crippen MR) is 43.2 cm³/mol. The van der Waals surface area contributed by atoms with Crippen molar-refractivity contribution in [2.24, 2.45) is 0 Å². The van der Waals surface area contributed by atoms with Gasteiger partial charge in [-0.2, -0.15) is 9.59 Å². The third kappa shape index (κ3) is 1.80. The van der Waals surface area contributed by atoms with Crippen LogP contribution in [0, 0.1) is 0 Å². The molecule has 0 saturated heterocycles. The van der Waals surface area contributed by atoms with Crippen LogP contribution in [0.2, 0.25) is 0 Å². The van der Waals surface area contributed by atoms with Gasteiger partial charge in [0.1, 0.15) is 0 Å². The average molecular weight is 196 g/mol. The van der Waals surface area contributed by atoms with Gasteiger partial charge in [0.05, 0.1) is 13.7 Å². The zero-order chi connectivity index (χ0) is 10.6. The summed E-state index contributed by atoms with van der Waals surface area (Å²) in [4.78, 5) is 15.0. The fourth-order valence-corrected chi connectivity index (χ4v) is 0.746. The first kappa shape index (κ1) is 10.0. The van der Waals surface area contributed by atoms with Crippen LogP contribution in [0.15, 0.2) is 0 Å². The van der Waals surface area contributed by atoms with Crippen molar-refractivity contribution in [3.05, 3.63) is 11.4 Å². The summed E-state index contributed by atoms with van der Waals surface area (Å²) < 4.78 is 4.35. The van der Waals surface area contributed by atoms with E-state index in [4.69, 9.17) is 5.53 Å². The molecule has 1 aromatic heterocycles. The lowest BCUT2D eigenvalue weighted by Crippen LogP contribution is -2.20. The van der Waals surface area contributed by atoms with Crippen LogP contribution in [0.25, 0.3) is 5.53 Å². The van der Waals surface area contributed by atoms with Gasteiger partial charge >= 0.3 is 11.7 Å². The zero-order valence-electron chi connectivity index (χ0n) is 7.71. The second-order valence-corrected chi connectivity index (χ2v) is 2.24. The van der Waals surface area contributed by atoms with Gasteiger partial charge in [0, 0.05) is 0 Å². The third-order valence-corrected chi connectivity index (χ3v) is 1.43. The lowest BCUT2D eigenvalue weighted by molar-refractivity contribution is -0.137. The van der Waals surface area contributed by atoms with E-state index in [-0.39, 0.29) is 11.5 Å². The minimum Gasteiger partial charge on any atom is -0.460 e. The van der Waals surface area contributed by atoms with E-state index >= 15 is 0 Å². The number of methoxy groups -OCH3 is 1. The first-order valence-electron chi connectivity index (χ1n) is 3.81. The van der Waals surface area contributed by atoms with Gasteiger partial charge in [0.2, 0.25) is 0 Å². The van der Waals surface area contributed by atoms with E-state index in [0.29, 0.717) is 6.54 Å². The van der Waals surface area contributed by atoms with Crippen LogP contribution < -0.4 is 0 Å². The molecule has 0 amide bonds. The fourth-order valence-electron chi connectivity index (χ4n) is 0.746. The van der Waals surface area contributed by atoms with Crippen molar-refractivity contribution in [1.82, 2.24) is 20.2 Å². The van der Waals surface area contributed by atoms with Crippen LogP contribution in [0.5, 0.6) is 0 Å². The van der Waals surface area contributed by atoms with E-state index in [1.807, 2.05) is 0 Å². The van der Waals surface area contributed by atoms with E-state index in [9.17, 15) is 4.79 Å². The molecule has 8 heteroatoms. The van der Waals surface area contributed by atoms with Crippen molar-refractivity contribution in [2.75, 3.05) is 7.11 Å². The van der Waals surface area contributed by atoms with E-state index in [2.05, 4.69) is 24.9 Å². The van der Waals surface area contributed by atoms with Gasteiger partial charge in [-0.05, 0) is 12.1 Å². The quantitative estimate of drug-likeness (QED) is 0.263. The summed E-state index contributed by atoms with van der Waals surface area (Å²) in [7, 11) is 1.16. The molecule has 1 aromatic rings. The van der Waals surface area contributed by atoms with Gasteiger partial charge in [-0.25, -0.2) is 4.79 Å². The van der Waals surface area contributed by atoms with Crippen molar-refractivity contribution in [2.45, 2.75) is 13.5 Å². The zero-order valence-corrected chi connectivity index (χ0v) is 7.71. The Hall–Kier alpha value is -2.08. The topological polar surface area (TPSA) is 106 Å². The normalized spacial score (nSPS) is 9.29. The van der Waals surface area contributed by atoms with Crippen molar-refractivity contribution in [1.29, 1.82) is 0 Å². The Morgan fingerprint density at radius 3 is 2.86 bits per heavy atom.